The number of fused-ring (bicyclic) bond motifs is 5. The van der Waals surface area contributed by atoms with Gasteiger partial charge in [0, 0.05) is 11.8 Å². The Morgan fingerprint density at radius 3 is 2.85 bits per heavy atom. The van der Waals surface area contributed by atoms with Crippen molar-refractivity contribution in [3.63, 3.8) is 0 Å². The first-order chi connectivity index (χ1) is 9.44. The zero-order chi connectivity index (χ0) is 14.1. The van der Waals surface area contributed by atoms with Crippen LogP contribution in [0.5, 0.6) is 0 Å². The first-order valence-corrected chi connectivity index (χ1v) is 7.67. The van der Waals surface area contributed by atoms with Crippen LogP contribution in [0.25, 0.3) is 0 Å². The molecular formula is C16H22O4. The molecule has 20 heavy (non-hydrogen) atoms. The van der Waals surface area contributed by atoms with Gasteiger partial charge in [0.15, 0.2) is 17.9 Å². The second kappa shape index (κ2) is 4.15. The standard InChI is InChI=1S/C16H22O4/c1-8-6-9-4-5-11-13(12(9)10(17)7-8)14-15(18-11)20-16(2,3)19-14/h7,9,11-15H,4-6H2,1-3H3/t9-,11+,12+,13-,14+,15+/m0/s1. The van der Waals surface area contributed by atoms with Crippen LogP contribution in [0.15, 0.2) is 11.6 Å². The molecule has 4 nitrogen and oxygen atoms in total. The Balaban J connectivity index is 1.66. The molecule has 0 amide bonds. The molecule has 4 aliphatic rings. The molecule has 2 aliphatic heterocycles. The van der Waals surface area contributed by atoms with Crippen LogP contribution in [0.4, 0.5) is 0 Å². The Morgan fingerprint density at radius 2 is 2.05 bits per heavy atom. The molecule has 0 radical (unpaired) electrons. The van der Waals surface area contributed by atoms with Crippen molar-refractivity contribution < 1.29 is 19.0 Å². The molecule has 6 atom stereocenters. The van der Waals surface area contributed by atoms with Crippen molar-refractivity contribution in [1.82, 2.24) is 0 Å². The summed E-state index contributed by atoms with van der Waals surface area (Å²) in [7, 11) is 0. The van der Waals surface area contributed by atoms with E-state index in [4.69, 9.17) is 14.2 Å². The van der Waals surface area contributed by atoms with Crippen molar-refractivity contribution in [2.75, 3.05) is 0 Å². The number of carbonyl (C=O) groups is 1. The van der Waals surface area contributed by atoms with Crippen molar-refractivity contribution in [3.8, 4) is 0 Å². The monoisotopic (exact) mass is 278 g/mol. The van der Waals surface area contributed by atoms with Crippen LogP contribution in [0, 0.1) is 17.8 Å². The van der Waals surface area contributed by atoms with E-state index in [-0.39, 0.29) is 36.1 Å². The SMILES string of the molecule is CC1=CC(=O)[C@H]2[C@@H](CC[C@H]3O[C@@H]4OC(C)(C)O[C@@H]4[C@H]23)C1. The Bertz CT molecular complexity index is 481. The second-order valence-corrected chi connectivity index (χ2v) is 7.18. The summed E-state index contributed by atoms with van der Waals surface area (Å²) < 4.78 is 17.9. The van der Waals surface area contributed by atoms with Gasteiger partial charge < -0.3 is 14.2 Å². The van der Waals surface area contributed by atoms with Gasteiger partial charge in [-0.3, -0.25) is 4.79 Å². The highest BCUT2D eigenvalue weighted by Crippen LogP contribution is 2.52. The van der Waals surface area contributed by atoms with Crippen molar-refractivity contribution in [2.45, 2.75) is 64.3 Å². The fraction of sp³-hybridized carbons (Fsp3) is 0.812. The minimum absolute atomic E-state index is 0.0601. The molecule has 0 spiro atoms. The Kier molecular flexibility index (Phi) is 2.70. The maximum atomic E-state index is 12.5. The lowest BCUT2D eigenvalue weighted by Crippen LogP contribution is -2.46. The van der Waals surface area contributed by atoms with E-state index in [1.54, 1.807) is 0 Å². The van der Waals surface area contributed by atoms with Gasteiger partial charge in [-0.25, -0.2) is 0 Å². The van der Waals surface area contributed by atoms with Crippen molar-refractivity contribution >= 4 is 5.78 Å². The maximum Gasteiger partial charge on any atom is 0.187 e. The fourth-order valence-electron chi connectivity index (χ4n) is 4.63. The molecule has 2 heterocycles. The van der Waals surface area contributed by atoms with Gasteiger partial charge in [0.1, 0.15) is 6.10 Å². The third-order valence-electron chi connectivity index (χ3n) is 5.25. The molecule has 0 N–H and O–H groups in total. The minimum Gasteiger partial charge on any atom is -0.346 e. The summed E-state index contributed by atoms with van der Waals surface area (Å²) in [5.41, 5.74) is 1.22. The molecule has 2 aliphatic carbocycles. The van der Waals surface area contributed by atoms with E-state index >= 15 is 0 Å². The molecule has 0 unspecified atom stereocenters. The van der Waals surface area contributed by atoms with Gasteiger partial charge >= 0.3 is 0 Å². The second-order valence-electron chi connectivity index (χ2n) is 7.18. The topological polar surface area (TPSA) is 44.8 Å². The average Bonchev–Trinajstić information content (AvgIpc) is 2.80. The van der Waals surface area contributed by atoms with Gasteiger partial charge in [0.05, 0.1) is 6.10 Å². The molecule has 3 fully saturated rings. The molecule has 0 aromatic carbocycles. The summed E-state index contributed by atoms with van der Waals surface area (Å²) >= 11 is 0. The van der Waals surface area contributed by atoms with Gasteiger partial charge in [0.25, 0.3) is 0 Å². The van der Waals surface area contributed by atoms with E-state index < -0.39 is 5.79 Å². The first-order valence-electron chi connectivity index (χ1n) is 7.67. The van der Waals surface area contributed by atoms with Crippen LogP contribution in [0.3, 0.4) is 0 Å². The van der Waals surface area contributed by atoms with Gasteiger partial charge in [-0.05, 0) is 52.0 Å². The third kappa shape index (κ3) is 1.81. The zero-order valence-electron chi connectivity index (χ0n) is 12.3. The normalized spacial score (nSPS) is 49.4. The summed E-state index contributed by atoms with van der Waals surface area (Å²) in [6, 6.07) is 0. The molecule has 0 aromatic rings. The summed E-state index contributed by atoms with van der Waals surface area (Å²) in [4.78, 5) is 12.5. The van der Waals surface area contributed by atoms with Crippen molar-refractivity contribution in [2.24, 2.45) is 17.8 Å². The third-order valence-corrected chi connectivity index (χ3v) is 5.25. The highest BCUT2D eigenvalue weighted by Gasteiger charge is 2.60. The van der Waals surface area contributed by atoms with Crippen molar-refractivity contribution in [1.29, 1.82) is 0 Å². The summed E-state index contributed by atoms with van der Waals surface area (Å²) in [5, 5.41) is 0. The van der Waals surface area contributed by atoms with Crippen LogP contribution in [-0.2, 0) is 19.0 Å². The predicted molar refractivity (Wildman–Crippen MR) is 71.8 cm³/mol. The predicted octanol–water partition coefficient (Wildman–Crippen LogP) is 2.42. The van der Waals surface area contributed by atoms with E-state index in [2.05, 4.69) is 6.92 Å². The van der Waals surface area contributed by atoms with Gasteiger partial charge in [-0.2, -0.15) is 0 Å². The van der Waals surface area contributed by atoms with Crippen LogP contribution < -0.4 is 0 Å². The van der Waals surface area contributed by atoms with E-state index in [1.165, 1.54) is 5.57 Å². The number of carbonyl (C=O) groups excluding carboxylic acids is 1. The van der Waals surface area contributed by atoms with Crippen LogP contribution in [0.1, 0.15) is 40.0 Å². The van der Waals surface area contributed by atoms with Crippen LogP contribution >= 0.6 is 0 Å². The first kappa shape index (κ1) is 13.0. The molecule has 4 rings (SSSR count). The zero-order valence-corrected chi connectivity index (χ0v) is 12.3. The van der Waals surface area contributed by atoms with Crippen LogP contribution in [0.2, 0.25) is 0 Å². The lowest BCUT2D eigenvalue weighted by molar-refractivity contribution is -0.217. The van der Waals surface area contributed by atoms with E-state index in [0.29, 0.717) is 5.92 Å². The van der Waals surface area contributed by atoms with E-state index in [1.807, 2.05) is 19.9 Å². The largest absolute Gasteiger partial charge is 0.346 e. The smallest absolute Gasteiger partial charge is 0.187 e. The molecular weight excluding hydrogens is 256 g/mol. The van der Waals surface area contributed by atoms with Gasteiger partial charge in [0.2, 0.25) is 0 Å². The highest BCUT2D eigenvalue weighted by atomic mass is 16.8. The average molecular weight is 278 g/mol. The molecule has 4 heteroatoms. The van der Waals surface area contributed by atoms with Crippen molar-refractivity contribution in [3.05, 3.63) is 11.6 Å². The van der Waals surface area contributed by atoms with E-state index in [9.17, 15) is 4.79 Å². The number of hydrogen-bond acceptors (Lipinski definition) is 4. The number of ether oxygens (including phenoxy) is 3. The molecule has 110 valence electrons. The number of ketones is 1. The van der Waals surface area contributed by atoms with Gasteiger partial charge in [-0.1, -0.05) is 5.57 Å². The molecule has 1 saturated carbocycles. The molecule has 0 aromatic heterocycles. The summed E-state index contributed by atoms with van der Waals surface area (Å²) in [6.07, 6.45) is 4.72. The number of allylic oxidation sites excluding steroid dienone is 2. The summed E-state index contributed by atoms with van der Waals surface area (Å²) in [6.45, 7) is 5.89. The lowest BCUT2D eigenvalue weighted by atomic mass is 9.63. The number of hydrogen-bond donors (Lipinski definition) is 0. The Labute approximate surface area is 119 Å². The number of rotatable bonds is 0. The summed E-state index contributed by atoms with van der Waals surface area (Å²) in [5.74, 6) is 0.355. The lowest BCUT2D eigenvalue weighted by Gasteiger charge is -2.41. The maximum absolute atomic E-state index is 12.5. The molecule has 0 bridgehead atoms. The fourth-order valence-corrected chi connectivity index (χ4v) is 4.63. The van der Waals surface area contributed by atoms with E-state index in [0.717, 1.165) is 19.3 Å². The Hall–Kier alpha value is -0.710. The highest BCUT2D eigenvalue weighted by molar-refractivity contribution is 5.94. The van der Waals surface area contributed by atoms with Crippen LogP contribution in [-0.4, -0.2) is 30.1 Å². The minimum atomic E-state index is -0.600. The van der Waals surface area contributed by atoms with Gasteiger partial charge in [-0.15, -0.1) is 0 Å². The quantitative estimate of drug-likeness (QED) is 0.682. The molecule has 2 saturated heterocycles. The Morgan fingerprint density at radius 1 is 1.25 bits per heavy atom.